The maximum Gasteiger partial charge on any atom is 0.123 e. The number of thiophene rings is 1. The molecule has 0 bridgehead atoms. The Morgan fingerprint density at radius 3 is 2.78 bits per heavy atom. The van der Waals surface area contributed by atoms with E-state index in [-0.39, 0.29) is 4.83 Å². The summed E-state index contributed by atoms with van der Waals surface area (Å²) in [5.74, 6) is 0.913. The molecule has 96 valence electrons. The molecule has 0 radical (unpaired) electrons. The number of halogens is 2. The number of ether oxygens (including phenoxy) is 1. The lowest BCUT2D eigenvalue weighted by Gasteiger charge is -2.15. The van der Waals surface area contributed by atoms with Crippen molar-refractivity contribution in [2.45, 2.75) is 18.2 Å². The van der Waals surface area contributed by atoms with Gasteiger partial charge in [0.1, 0.15) is 5.75 Å². The molecular formula is C14H14Br2OS. The molecule has 1 atom stereocenters. The molecular weight excluding hydrogens is 376 g/mol. The molecule has 0 aliphatic rings. The zero-order valence-electron chi connectivity index (χ0n) is 10.2. The number of hydrogen-bond acceptors (Lipinski definition) is 2. The lowest BCUT2D eigenvalue weighted by atomic mass is 10.1. The van der Waals surface area contributed by atoms with Gasteiger partial charge in [-0.05, 0) is 41.6 Å². The summed E-state index contributed by atoms with van der Waals surface area (Å²) in [6, 6.07) is 8.29. The van der Waals surface area contributed by atoms with Crippen LogP contribution in [-0.4, -0.2) is 7.11 Å². The number of aryl methyl sites for hydroxylation is 1. The summed E-state index contributed by atoms with van der Waals surface area (Å²) in [5.41, 5.74) is 2.55. The highest BCUT2D eigenvalue weighted by Crippen LogP contribution is 2.41. The number of alkyl halides is 1. The van der Waals surface area contributed by atoms with Gasteiger partial charge < -0.3 is 4.74 Å². The zero-order valence-corrected chi connectivity index (χ0v) is 14.2. The number of methoxy groups -OCH3 is 1. The van der Waals surface area contributed by atoms with Crippen molar-refractivity contribution < 1.29 is 4.74 Å². The Labute approximate surface area is 128 Å². The summed E-state index contributed by atoms with van der Waals surface area (Å²) in [6.45, 7) is 2.18. The number of benzene rings is 1. The first-order chi connectivity index (χ1) is 8.67. The van der Waals surface area contributed by atoms with Crippen molar-refractivity contribution in [2.24, 2.45) is 0 Å². The van der Waals surface area contributed by atoms with Crippen molar-refractivity contribution in [3.05, 3.63) is 50.1 Å². The maximum atomic E-state index is 5.45. The Morgan fingerprint density at radius 2 is 2.11 bits per heavy atom. The fraction of sp³-hybridized carbons (Fsp3) is 0.286. The second-order valence-corrected chi connectivity index (χ2v) is 6.69. The molecule has 18 heavy (non-hydrogen) atoms. The van der Waals surface area contributed by atoms with Crippen LogP contribution in [-0.2, 0) is 6.42 Å². The van der Waals surface area contributed by atoms with Crippen LogP contribution < -0.4 is 4.74 Å². The van der Waals surface area contributed by atoms with E-state index in [2.05, 4.69) is 56.3 Å². The molecule has 1 nitrogen and oxygen atoms in total. The molecule has 0 aliphatic heterocycles. The van der Waals surface area contributed by atoms with Gasteiger partial charge in [0, 0.05) is 14.9 Å². The van der Waals surface area contributed by atoms with Crippen molar-refractivity contribution in [3.8, 4) is 5.75 Å². The average Bonchev–Trinajstić information content (AvgIpc) is 2.86. The lowest BCUT2D eigenvalue weighted by Crippen LogP contribution is -1.97. The molecule has 1 unspecified atom stereocenters. The molecule has 2 aromatic rings. The Bertz CT molecular complexity index is 536. The summed E-state index contributed by atoms with van der Waals surface area (Å²) in [7, 11) is 1.71. The van der Waals surface area contributed by atoms with Gasteiger partial charge in [-0.2, -0.15) is 0 Å². The monoisotopic (exact) mass is 388 g/mol. The third-order valence-electron chi connectivity index (χ3n) is 2.86. The van der Waals surface area contributed by atoms with Gasteiger partial charge in [-0.1, -0.05) is 38.8 Å². The van der Waals surface area contributed by atoms with Crippen LogP contribution in [0.5, 0.6) is 5.75 Å². The summed E-state index contributed by atoms with van der Waals surface area (Å²) in [5, 5.41) is 2.15. The number of rotatable bonds is 4. The summed E-state index contributed by atoms with van der Waals surface area (Å²) in [6.07, 6.45) is 1.05. The molecule has 0 saturated heterocycles. The molecule has 1 aromatic carbocycles. The Hall–Kier alpha value is -0.320. The molecule has 4 heteroatoms. The molecule has 0 fully saturated rings. The molecule has 1 heterocycles. The van der Waals surface area contributed by atoms with Crippen LogP contribution in [0.1, 0.15) is 27.8 Å². The normalized spacial score (nSPS) is 12.4. The van der Waals surface area contributed by atoms with Crippen LogP contribution in [0, 0.1) is 0 Å². The van der Waals surface area contributed by atoms with E-state index in [1.807, 2.05) is 12.1 Å². The van der Waals surface area contributed by atoms with Gasteiger partial charge in [-0.25, -0.2) is 0 Å². The predicted molar refractivity (Wildman–Crippen MR) is 85.2 cm³/mol. The van der Waals surface area contributed by atoms with E-state index in [1.54, 1.807) is 18.4 Å². The second kappa shape index (κ2) is 6.22. The molecule has 0 aliphatic carbocycles. The van der Waals surface area contributed by atoms with Crippen LogP contribution in [0.3, 0.4) is 0 Å². The molecule has 2 rings (SSSR count). The van der Waals surface area contributed by atoms with Crippen molar-refractivity contribution in [2.75, 3.05) is 7.11 Å². The third kappa shape index (κ3) is 2.81. The average molecular weight is 390 g/mol. The Balaban J connectivity index is 2.45. The standard InChI is InChI=1S/C14H14Br2OS/c1-3-9-6-7-18-14(9)13(16)11-8-10(15)4-5-12(11)17-2/h4-8,13H,3H2,1-2H3. The Morgan fingerprint density at radius 1 is 1.33 bits per heavy atom. The van der Waals surface area contributed by atoms with E-state index < -0.39 is 0 Å². The first kappa shape index (κ1) is 14.1. The summed E-state index contributed by atoms with van der Waals surface area (Å²) < 4.78 is 6.51. The topological polar surface area (TPSA) is 9.23 Å². The first-order valence-corrected chi connectivity index (χ1v) is 8.30. The summed E-state index contributed by atoms with van der Waals surface area (Å²) in [4.78, 5) is 1.54. The highest BCUT2D eigenvalue weighted by Gasteiger charge is 2.19. The quantitative estimate of drug-likeness (QED) is 0.621. The maximum absolute atomic E-state index is 5.45. The van der Waals surface area contributed by atoms with Crippen LogP contribution in [0.25, 0.3) is 0 Å². The van der Waals surface area contributed by atoms with Gasteiger partial charge in [0.2, 0.25) is 0 Å². The molecule has 0 N–H and O–H groups in total. The first-order valence-electron chi connectivity index (χ1n) is 5.71. The van der Waals surface area contributed by atoms with Crippen LogP contribution in [0.2, 0.25) is 0 Å². The molecule has 0 saturated carbocycles. The van der Waals surface area contributed by atoms with Gasteiger partial charge in [0.25, 0.3) is 0 Å². The van der Waals surface area contributed by atoms with Crippen LogP contribution in [0.15, 0.2) is 34.1 Å². The highest BCUT2D eigenvalue weighted by atomic mass is 79.9. The second-order valence-electron chi connectivity index (χ2n) is 3.91. The lowest BCUT2D eigenvalue weighted by molar-refractivity contribution is 0.410. The van der Waals surface area contributed by atoms with Crippen molar-refractivity contribution >= 4 is 43.2 Å². The minimum atomic E-state index is 0.180. The van der Waals surface area contributed by atoms with Crippen LogP contribution in [0.4, 0.5) is 0 Å². The largest absolute Gasteiger partial charge is 0.496 e. The SMILES string of the molecule is CCc1ccsc1C(Br)c1cc(Br)ccc1OC. The van der Waals surface area contributed by atoms with Gasteiger partial charge in [0.15, 0.2) is 0 Å². The minimum Gasteiger partial charge on any atom is -0.496 e. The zero-order chi connectivity index (χ0) is 13.1. The molecule has 0 spiro atoms. The van der Waals surface area contributed by atoms with E-state index in [4.69, 9.17) is 4.74 Å². The van der Waals surface area contributed by atoms with Crippen molar-refractivity contribution in [3.63, 3.8) is 0 Å². The van der Waals surface area contributed by atoms with E-state index in [1.165, 1.54) is 10.4 Å². The van der Waals surface area contributed by atoms with Gasteiger partial charge in [-0.15, -0.1) is 11.3 Å². The molecule has 1 aromatic heterocycles. The number of hydrogen-bond donors (Lipinski definition) is 0. The van der Waals surface area contributed by atoms with Crippen molar-refractivity contribution in [1.82, 2.24) is 0 Å². The fourth-order valence-electron chi connectivity index (χ4n) is 1.91. The fourth-order valence-corrected chi connectivity index (χ4v) is 4.25. The minimum absolute atomic E-state index is 0.180. The van der Waals surface area contributed by atoms with E-state index in [0.717, 1.165) is 22.2 Å². The van der Waals surface area contributed by atoms with E-state index in [0.29, 0.717) is 0 Å². The summed E-state index contributed by atoms with van der Waals surface area (Å²) >= 11 is 9.10. The Kier molecular flexibility index (Phi) is 4.87. The van der Waals surface area contributed by atoms with Gasteiger partial charge in [0.05, 0.1) is 11.9 Å². The van der Waals surface area contributed by atoms with Gasteiger partial charge >= 0.3 is 0 Å². The van der Waals surface area contributed by atoms with Crippen LogP contribution >= 0.6 is 43.2 Å². The van der Waals surface area contributed by atoms with E-state index in [9.17, 15) is 0 Å². The highest BCUT2D eigenvalue weighted by molar-refractivity contribution is 9.10. The van der Waals surface area contributed by atoms with Crippen molar-refractivity contribution in [1.29, 1.82) is 0 Å². The van der Waals surface area contributed by atoms with E-state index >= 15 is 0 Å². The predicted octanol–water partition coefficient (Wildman–Crippen LogP) is 5.57. The molecule has 0 amide bonds. The smallest absolute Gasteiger partial charge is 0.123 e. The third-order valence-corrected chi connectivity index (χ3v) is 5.63. The van der Waals surface area contributed by atoms with Gasteiger partial charge in [-0.3, -0.25) is 0 Å².